The molecule has 1 amide bonds. The highest BCUT2D eigenvalue weighted by atomic mass is 32.2. The fourth-order valence-electron chi connectivity index (χ4n) is 2.85. The van der Waals surface area contributed by atoms with Gasteiger partial charge in [-0.3, -0.25) is 19.2 Å². The summed E-state index contributed by atoms with van der Waals surface area (Å²) in [6, 6.07) is 12.9. The molecule has 1 heterocycles. The summed E-state index contributed by atoms with van der Waals surface area (Å²) in [5, 5.41) is 10.6. The van der Waals surface area contributed by atoms with E-state index >= 15 is 0 Å². The first-order chi connectivity index (χ1) is 17.3. The molecule has 192 valence electrons. The van der Waals surface area contributed by atoms with Crippen LogP contribution >= 0.6 is 34.9 Å². The summed E-state index contributed by atoms with van der Waals surface area (Å²) in [5.41, 5.74) is 0.300. The minimum Gasteiger partial charge on any atom is -0.494 e. The minimum absolute atomic E-state index is 0.0537. The van der Waals surface area contributed by atoms with Crippen molar-refractivity contribution in [2.75, 3.05) is 41.9 Å². The monoisotopic (exact) mass is 568 g/mol. The number of amides is 1. The molecule has 0 atom stereocenters. The number of anilines is 2. The van der Waals surface area contributed by atoms with Crippen LogP contribution in [-0.2, 0) is 24.3 Å². The van der Waals surface area contributed by atoms with E-state index in [1.807, 2.05) is 13.2 Å². The van der Waals surface area contributed by atoms with Crippen LogP contribution in [0.1, 0.15) is 6.92 Å². The van der Waals surface area contributed by atoms with Crippen molar-refractivity contribution >= 4 is 67.6 Å². The number of carbonyl (C=O) groups excluding carboxylic acids is 2. The molecule has 0 aliphatic carbocycles. The quantitative estimate of drug-likeness (QED) is 0.196. The van der Waals surface area contributed by atoms with E-state index in [2.05, 4.69) is 20.3 Å². The van der Waals surface area contributed by atoms with Gasteiger partial charge in [-0.05, 0) is 61.7 Å². The first-order valence-corrected chi connectivity index (χ1v) is 15.0. The van der Waals surface area contributed by atoms with Gasteiger partial charge in [0.1, 0.15) is 12.3 Å². The third-order valence-electron chi connectivity index (χ3n) is 4.56. The molecule has 0 unspecified atom stereocenters. The number of thioether (sulfide) groups is 2. The van der Waals surface area contributed by atoms with Gasteiger partial charge >= 0.3 is 5.97 Å². The number of ether oxygens (including phenoxy) is 2. The van der Waals surface area contributed by atoms with Crippen LogP contribution in [0.3, 0.4) is 0 Å². The molecule has 0 spiro atoms. The maximum atomic E-state index is 13.5. The van der Waals surface area contributed by atoms with Gasteiger partial charge in [0.05, 0.1) is 30.1 Å². The first-order valence-electron chi connectivity index (χ1n) is 10.5. The third kappa shape index (κ3) is 7.35. The SMILES string of the molecule is CCOc1ccc(N(CC(=O)Nc2nnc(SCC(=O)OC)s2)S(=O)(=O)c2ccc(SC)cc2)cc1. The van der Waals surface area contributed by atoms with Crippen LogP contribution in [0.15, 0.2) is 62.7 Å². The van der Waals surface area contributed by atoms with Gasteiger partial charge in [0, 0.05) is 4.90 Å². The van der Waals surface area contributed by atoms with Crippen LogP contribution in [0.5, 0.6) is 5.75 Å². The second kappa shape index (κ2) is 12.9. The number of benzene rings is 2. The Morgan fingerprint density at radius 1 is 1.08 bits per heavy atom. The maximum absolute atomic E-state index is 13.5. The van der Waals surface area contributed by atoms with Crippen molar-refractivity contribution < 1.29 is 27.5 Å². The minimum atomic E-state index is -4.07. The summed E-state index contributed by atoms with van der Waals surface area (Å²) in [7, 11) is -2.79. The second-order valence-electron chi connectivity index (χ2n) is 6.90. The number of rotatable bonds is 12. The molecule has 1 aromatic heterocycles. The predicted octanol–water partition coefficient (Wildman–Crippen LogP) is 3.76. The van der Waals surface area contributed by atoms with Gasteiger partial charge in [-0.15, -0.1) is 22.0 Å². The van der Waals surface area contributed by atoms with Gasteiger partial charge in [0.15, 0.2) is 4.34 Å². The molecule has 1 N–H and O–H groups in total. The highest BCUT2D eigenvalue weighted by molar-refractivity contribution is 8.01. The molecule has 0 aliphatic rings. The Morgan fingerprint density at radius 3 is 2.39 bits per heavy atom. The first kappa shape index (κ1) is 27.8. The smallest absolute Gasteiger partial charge is 0.316 e. The van der Waals surface area contributed by atoms with E-state index in [1.165, 1.54) is 31.0 Å². The van der Waals surface area contributed by atoms with Gasteiger partial charge < -0.3 is 9.47 Å². The Bertz CT molecular complexity index is 1280. The van der Waals surface area contributed by atoms with E-state index in [1.54, 1.807) is 36.4 Å². The van der Waals surface area contributed by atoms with Gasteiger partial charge in [-0.1, -0.05) is 23.1 Å². The highest BCUT2D eigenvalue weighted by Gasteiger charge is 2.28. The Labute approximate surface area is 221 Å². The predicted molar refractivity (Wildman–Crippen MR) is 142 cm³/mol. The average Bonchev–Trinajstić information content (AvgIpc) is 3.33. The molecule has 3 aromatic rings. The second-order valence-corrected chi connectivity index (χ2v) is 11.8. The molecular weight excluding hydrogens is 545 g/mol. The van der Waals surface area contributed by atoms with Crippen molar-refractivity contribution in [1.82, 2.24) is 10.2 Å². The van der Waals surface area contributed by atoms with Crippen LogP contribution in [0, 0.1) is 0 Å². The number of hydrogen-bond donors (Lipinski definition) is 1. The molecule has 0 saturated heterocycles. The largest absolute Gasteiger partial charge is 0.494 e. The number of carbonyl (C=O) groups is 2. The molecule has 0 radical (unpaired) electrons. The topological polar surface area (TPSA) is 128 Å². The van der Waals surface area contributed by atoms with E-state index in [9.17, 15) is 18.0 Å². The normalized spacial score (nSPS) is 11.1. The van der Waals surface area contributed by atoms with E-state index in [4.69, 9.17) is 4.74 Å². The summed E-state index contributed by atoms with van der Waals surface area (Å²) in [6.07, 6.45) is 1.90. The fraction of sp³-hybridized carbons (Fsp3) is 0.273. The number of esters is 1. The van der Waals surface area contributed by atoms with Crippen molar-refractivity contribution in [1.29, 1.82) is 0 Å². The van der Waals surface area contributed by atoms with Crippen molar-refractivity contribution in [3.63, 3.8) is 0 Å². The van der Waals surface area contributed by atoms with Crippen LogP contribution in [0.25, 0.3) is 0 Å². The fourth-order valence-corrected chi connectivity index (χ4v) is 6.28. The van der Waals surface area contributed by atoms with E-state index in [0.29, 0.717) is 22.4 Å². The zero-order valence-electron chi connectivity index (χ0n) is 19.7. The van der Waals surface area contributed by atoms with E-state index < -0.39 is 28.4 Å². The molecule has 2 aromatic carbocycles. The number of methoxy groups -OCH3 is 1. The van der Waals surface area contributed by atoms with E-state index in [-0.39, 0.29) is 15.8 Å². The van der Waals surface area contributed by atoms with E-state index in [0.717, 1.165) is 32.3 Å². The number of hydrogen-bond acceptors (Lipinski definition) is 11. The third-order valence-corrected chi connectivity index (χ3v) is 9.04. The Hall–Kier alpha value is -2.81. The van der Waals surface area contributed by atoms with Gasteiger partial charge in [0.2, 0.25) is 11.0 Å². The van der Waals surface area contributed by atoms with Crippen molar-refractivity contribution in [3.8, 4) is 5.75 Å². The molecule has 0 fully saturated rings. The molecule has 14 heteroatoms. The lowest BCUT2D eigenvalue weighted by Crippen LogP contribution is -2.38. The maximum Gasteiger partial charge on any atom is 0.316 e. The van der Waals surface area contributed by atoms with Gasteiger partial charge in [0.25, 0.3) is 10.0 Å². The summed E-state index contributed by atoms with van der Waals surface area (Å²) < 4.78 is 38.6. The summed E-state index contributed by atoms with van der Waals surface area (Å²) >= 11 is 3.68. The lowest BCUT2D eigenvalue weighted by Gasteiger charge is -2.24. The lowest BCUT2D eigenvalue weighted by molar-refractivity contribution is -0.137. The Morgan fingerprint density at radius 2 is 1.78 bits per heavy atom. The molecule has 0 bridgehead atoms. The van der Waals surface area contributed by atoms with Crippen LogP contribution in [-0.4, -0.2) is 62.8 Å². The Balaban J connectivity index is 1.82. The molecule has 0 aliphatic heterocycles. The standard InChI is InChI=1S/C22H24N4O6S4/c1-4-32-16-7-5-15(6-8-16)26(36(29,30)18-11-9-17(33-3)10-12-18)13-19(27)23-21-24-25-22(35-21)34-14-20(28)31-2/h5-12H,4,13-14H2,1-3H3,(H,23,24,27). The van der Waals surface area contributed by atoms with Crippen LogP contribution < -0.4 is 14.4 Å². The number of nitrogens with one attached hydrogen (secondary N) is 1. The summed E-state index contributed by atoms with van der Waals surface area (Å²) in [5.74, 6) is -0.382. The molecule has 10 nitrogen and oxygen atoms in total. The van der Waals surface area contributed by atoms with Gasteiger partial charge in [-0.2, -0.15) is 0 Å². The van der Waals surface area contributed by atoms with Crippen molar-refractivity contribution in [3.05, 3.63) is 48.5 Å². The molecule has 0 saturated carbocycles. The number of aromatic nitrogens is 2. The number of nitrogens with zero attached hydrogens (tertiary/aromatic N) is 3. The van der Waals surface area contributed by atoms with Crippen LogP contribution in [0.2, 0.25) is 0 Å². The number of sulfonamides is 1. The Kier molecular flexibility index (Phi) is 9.98. The van der Waals surface area contributed by atoms with Crippen molar-refractivity contribution in [2.45, 2.75) is 21.1 Å². The average molecular weight is 569 g/mol. The molecule has 36 heavy (non-hydrogen) atoms. The van der Waals surface area contributed by atoms with Crippen molar-refractivity contribution in [2.24, 2.45) is 0 Å². The summed E-state index contributed by atoms with van der Waals surface area (Å²) in [6.45, 7) is 1.82. The zero-order valence-corrected chi connectivity index (χ0v) is 22.9. The summed E-state index contributed by atoms with van der Waals surface area (Å²) in [4.78, 5) is 25.1. The lowest BCUT2D eigenvalue weighted by atomic mass is 10.3. The molecular formula is C22H24N4O6S4. The van der Waals surface area contributed by atoms with Crippen LogP contribution in [0.4, 0.5) is 10.8 Å². The highest BCUT2D eigenvalue weighted by Crippen LogP contribution is 2.28. The zero-order chi connectivity index (χ0) is 26.1. The molecule has 3 rings (SSSR count). The van der Waals surface area contributed by atoms with Gasteiger partial charge in [-0.25, -0.2) is 8.42 Å².